The summed E-state index contributed by atoms with van der Waals surface area (Å²) in [6.07, 6.45) is -3.37. The van der Waals surface area contributed by atoms with Crippen molar-refractivity contribution in [2.24, 2.45) is 0 Å². The number of alkyl halides is 3. The van der Waals surface area contributed by atoms with Crippen LogP contribution >= 0.6 is 0 Å². The van der Waals surface area contributed by atoms with E-state index in [4.69, 9.17) is 5.73 Å². The first-order valence-corrected chi connectivity index (χ1v) is 5.08. The second-order valence-electron chi connectivity index (χ2n) is 3.62. The lowest BCUT2D eigenvalue weighted by atomic mass is 10.2. The molecular weight excluding hydrogens is 264 g/mol. The first-order valence-electron chi connectivity index (χ1n) is 5.08. The van der Waals surface area contributed by atoms with Gasteiger partial charge >= 0.3 is 6.18 Å². The van der Waals surface area contributed by atoms with E-state index in [1.54, 1.807) is 0 Å². The number of anilines is 3. The molecule has 3 N–H and O–H groups in total. The van der Waals surface area contributed by atoms with Crippen LogP contribution in [0.5, 0.6) is 0 Å². The van der Waals surface area contributed by atoms with E-state index in [0.717, 1.165) is 18.5 Å². The number of benzene rings is 1. The van der Waals surface area contributed by atoms with E-state index in [0.29, 0.717) is 0 Å². The maximum absolute atomic E-state index is 13.5. The fraction of sp³-hybridized carbons (Fsp3) is 0.0909. The molecule has 0 fully saturated rings. The fourth-order valence-corrected chi connectivity index (χ4v) is 1.35. The number of hydrogen-bond acceptors (Lipinski definition) is 4. The molecule has 1 heterocycles. The Hall–Kier alpha value is -2.38. The van der Waals surface area contributed by atoms with E-state index in [2.05, 4.69) is 15.3 Å². The van der Waals surface area contributed by atoms with Crippen molar-refractivity contribution in [3.63, 3.8) is 0 Å². The Morgan fingerprint density at radius 2 is 1.68 bits per heavy atom. The molecule has 0 bridgehead atoms. The van der Waals surface area contributed by atoms with Gasteiger partial charge in [0.2, 0.25) is 5.82 Å². The quantitative estimate of drug-likeness (QED) is 0.825. The van der Waals surface area contributed by atoms with Crippen LogP contribution in [-0.2, 0) is 6.18 Å². The van der Waals surface area contributed by atoms with Crippen molar-refractivity contribution in [1.29, 1.82) is 0 Å². The Morgan fingerprint density at radius 3 is 2.26 bits per heavy atom. The van der Waals surface area contributed by atoms with Crippen LogP contribution in [0.1, 0.15) is 5.56 Å². The summed E-state index contributed by atoms with van der Waals surface area (Å²) in [4.78, 5) is 7.04. The Morgan fingerprint density at radius 1 is 1.05 bits per heavy atom. The van der Waals surface area contributed by atoms with Crippen LogP contribution in [0.25, 0.3) is 0 Å². The molecule has 0 atom stereocenters. The molecule has 0 aliphatic rings. The first-order chi connectivity index (χ1) is 8.88. The highest BCUT2D eigenvalue weighted by Gasteiger charge is 2.29. The van der Waals surface area contributed by atoms with Gasteiger partial charge in [0, 0.05) is 5.69 Å². The lowest BCUT2D eigenvalue weighted by molar-refractivity contribution is -0.137. The van der Waals surface area contributed by atoms with E-state index in [9.17, 15) is 17.6 Å². The van der Waals surface area contributed by atoms with Crippen LogP contribution in [0.3, 0.4) is 0 Å². The second-order valence-corrected chi connectivity index (χ2v) is 3.62. The standard InChI is InChI=1S/C11H8F4N4/c12-8-9(16)17-5-18-10(8)19-7-3-1-6(2-4-7)11(13,14)15/h1-5H,(H3,16,17,18,19). The largest absolute Gasteiger partial charge is 0.416 e. The predicted molar refractivity (Wildman–Crippen MR) is 61.1 cm³/mol. The van der Waals surface area contributed by atoms with Gasteiger partial charge in [-0.1, -0.05) is 0 Å². The van der Waals surface area contributed by atoms with Crippen LogP contribution in [0.15, 0.2) is 30.6 Å². The maximum atomic E-state index is 13.5. The van der Waals surface area contributed by atoms with Gasteiger partial charge in [-0.2, -0.15) is 17.6 Å². The van der Waals surface area contributed by atoms with Gasteiger partial charge in [0.25, 0.3) is 0 Å². The van der Waals surface area contributed by atoms with Crippen molar-refractivity contribution >= 4 is 17.3 Å². The van der Waals surface area contributed by atoms with E-state index in [1.807, 2.05) is 0 Å². The Kier molecular flexibility index (Phi) is 3.24. The average molecular weight is 272 g/mol. The molecule has 0 aliphatic carbocycles. The van der Waals surface area contributed by atoms with Gasteiger partial charge < -0.3 is 11.1 Å². The number of nitrogens with one attached hydrogen (secondary N) is 1. The van der Waals surface area contributed by atoms with E-state index in [1.165, 1.54) is 12.1 Å². The van der Waals surface area contributed by atoms with Crippen LogP contribution in [0.4, 0.5) is 34.9 Å². The highest BCUT2D eigenvalue weighted by molar-refractivity contribution is 5.59. The summed E-state index contributed by atoms with van der Waals surface area (Å²) in [6, 6.07) is 4.09. The van der Waals surface area contributed by atoms with E-state index < -0.39 is 17.6 Å². The normalized spacial score (nSPS) is 11.4. The molecule has 100 valence electrons. The summed E-state index contributed by atoms with van der Waals surface area (Å²) in [6.45, 7) is 0. The summed E-state index contributed by atoms with van der Waals surface area (Å²) in [5.74, 6) is -1.40. The van der Waals surface area contributed by atoms with Crippen LogP contribution in [-0.4, -0.2) is 9.97 Å². The minimum Gasteiger partial charge on any atom is -0.381 e. The molecule has 2 aromatic rings. The van der Waals surface area contributed by atoms with Gasteiger partial charge in [0.1, 0.15) is 6.33 Å². The number of hydrogen-bond donors (Lipinski definition) is 2. The summed E-state index contributed by atoms with van der Waals surface area (Å²) in [5, 5.41) is 2.52. The van der Waals surface area contributed by atoms with E-state index in [-0.39, 0.29) is 17.3 Å². The number of halogens is 4. The number of nitrogens with zero attached hydrogens (tertiary/aromatic N) is 2. The molecule has 8 heteroatoms. The molecule has 0 radical (unpaired) electrons. The molecule has 0 unspecified atom stereocenters. The molecule has 1 aromatic heterocycles. The number of nitrogens with two attached hydrogens (primary N) is 1. The second kappa shape index (κ2) is 4.71. The third-order valence-electron chi connectivity index (χ3n) is 2.29. The minimum atomic E-state index is -4.41. The van der Waals surface area contributed by atoms with Crippen molar-refractivity contribution in [2.75, 3.05) is 11.1 Å². The summed E-state index contributed by atoms with van der Waals surface area (Å²) in [7, 11) is 0. The highest BCUT2D eigenvalue weighted by Crippen LogP contribution is 2.30. The van der Waals surface area contributed by atoms with E-state index >= 15 is 0 Å². The topological polar surface area (TPSA) is 63.8 Å². The van der Waals surface area contributed by atoms with Crippen molar-refractivity contribution in [3.05, 3.63) is 42.0 Å². The Bertz CT molecular complexity index is 580. The summed E-state index contributed by atoms with van der Waals surface area (Å²) >= 11 is 0. The average Bonchev–Trinajstić information content (AvgIpc) is 2.35. The third-order valence-corrected chi connectivity index (χ3v) is 2.29. The molecule has 1 aromatic carbocycles. The van der Waals surface area contributed by atoms with Crippen LogP contribution in [0.2, 0.25) is 0 Å². The van der Waals surface area contributed by atoms with Crippen LogP contribution < -0.4 is 11.1 Å². The SMILES string of the molecule is Nc1ncnc(Nc2ccc(C(F)(F)F)cc2)c1F. The lowest BCUT2D eigenvalue weighted by Crippen LogP contribution is -2.05. The molecule has 2 rings (SSSR count). The van der Waals surface area contributed by atoms with Gasteiger partial charge in [-0.15, -0.1) is 0 Å². The third kappa shape index (κ3) is 2.90. The zero-order valence-electron chi connectivity index (χ0n) is 9.37. The van der Waals surface area contributed by atoms with Gasteiger partial charge in [0.15, 0.2) is 11.6 Å². The van der Waals surface area contributed by atoms with Gasteiger partial charge in [-0.3, -0.25) is 0 Å². The van der Waals surface area contributed by atoms with Gasteiger partial charge in [-0.25, -0.2) is 9.97 Å². The molecule has 0 amide bonds. The first kappa shape index (κ1) is 13.1. The predicted octanol–water partition coefficient (Wildman–Crippen LogP) is 2.96. The summed E-state index contributed by atoms with van der Waals surface area (Å²) in [5.41, 5.74) is 4.70. The number of nitrogen functional groups attached to an aromatic ring is 1. The van der Waals surface area contributed by atoms with Crippen LogP contribution in [0, 0.1) is 5.82 Å². The molecule has 0 spiro atoms. The molecule has 4 nitrogen and oxygen atoms in total. The molecule has 0 saturated heterocycles. The zero-order valence-corrected chi connectivity index (χ0v) is 9.37. The lowest BCUT2D eigenvalue weighted by Gasteiger charge is -2.09. The van der Waals surface area contributed by atoms with Crippen molar-refractivity contribution < 1.29 is 17.6 Å². The molecule has 0 aliphatic heterocycles. The van der Waals surface area contributed by atoms with Crippen molar-refractivity contribution in [3.8, 4) is 0 Å². The zero-order chi connectivity index (χ0) is 14.0. The highest BCUT2D eigenvalue weighted by atomic mass is 19.4. The number of aromatic nitrogens is 2. The monoisotopic (exact) mass is 272 g/mol. The van der Waals surface area contributed by atoms with Gasteiger partial charge in [0.05, 0.1) is 5.56 Å². The molecular formula is C11H8F4N4. The fourth-order valence-electron chi connectivity index (χ4n) is 1.35. The minimum absolute atomic E-state index is 0.202. The Labute approximate surface area is 105 Å². The van der Waals surface area contributed by atoms with Gasteiger partial charge in [-0.05, 0) is 24.3 Å². The maximum Gasteiger partial charge on any atom is 0.416 e. The smallest absolute Gasteiger partial charge is 0.381 e. The molecule has 19 heavy (non-hydrogen) atoms. The Balaban J connectivity index is 2.23. The number of rotatable bonds is 2. The van der Waals surface area contributed by atoms with Crippen molar-refractivity contribution in [2.45, 2.75) is 6.18 Å². The van der Waals surface area contributed by atoms with Crippen molar-refractivity contribution in [1.82, 2.24) is 9.97 Å². The summed E-state index contributed by atoms with van der Waals surface area (Å²) < 4.78 is 50.5. The molecule has 0 saturated carbocycles.